The summed E-state index contributed by atoms with van der Waals surface area (Å²) in [6.45, 7) is 1.30. The van der Waals surface area contributed by atoms with E-state index in [1.807, 2.05) is 23.1 Å². The fourth-order valence-electron chi connectivity index (χ4n) is 3.55. The highest BCUT2D eigenvalue weighted by Crippen LogP contribution is 2.27. The number of hydrogen-bond donors (Lipinski definition) is 1. The van der Waals surface area contributed by atoms with Crippen molar-refractivity contribution in [2.45, 2.75) is 18.8 Å². The lowest BCUT2D eigenvalue weighted by Gasteiger charge is -2.32. The molecule has 1 saturated heterocycles. The maximum Gasteiger partial charge on any atom is 0.255 e. The van der Waals surface area contributed by atoms with Crippen LogP contribution in [-0.4, -0.2) is 43.4 Å². The van der Waals surface area contributed by atoms with Gasteiger partial charge in [-0.3, -0.25) is 14.6 Å². The van der Waals surface area contributed by atoms with Gasteiger partial charge < -0.3 is 14.8 Å². The number of nitrogens with zero attached hydrogens (tertiary/aromatic N) is 5. The highest BCUT2D eigenvalue weighted by atomic mass is 16.2. The van der Waals surface area contributed by atoms with Crippen LogP contribution in [0.3, 0.4) is 0 Å². The average Bonchev–Trinajstić information content (AvgIpc) is 2.76. The molecule has 1 atom stereocenters. The summed E-state index contributed by atoms with van der Waals surface area (Å²) in [7, 11) is 1.65. The second kappa shape index (κ2) is 8.22. The van der Waals surface area contributed by atoms with Gasteiger partial charge in [0.25, 0.3) is 5.91 Å². The minimum atomic E-state index is -0.130. The zero-order valence-corrected chi connectivity index (χ0v) is 16.2. The molecule has 0 spiro atoms. The topological polar surface area (TPSA) is 93.0 Å². The lowest BCUT2D eigenvalue weighted by Crippen LogP contribution is -2.39. The van der Waals surface area contributed by atoms with E-state index < -0.39 is 0 Å². The van der Waals surface area contributed by atoms with E-state index in [2.05, 4.69) is 15.3 Å². The van der Waals surface area contributed by atoms with Crippen LogP contribution in [0.15, 0.2) is 59.9 Å². The molecule has 1 aliphatic heterocycles. The Kier molecular flexibility index (Phi) is 5.33. The number of anilines is 2. The number of carbonyl (C=O) groups is 1. The second-order valence-electron chi connectivity index (χ2n) is 7.12. The normalized spacial score (nSPS) is 16.4. The van der Waals surface area contributed by atoms with Gasteiger partial charge in [-0.15, -0.1) is 0 Å². The molecule has 148 valence electrons. The molecule has 1 aliphatic rings. The number of nitrogens with one attached hydrogen (secondary N) is 1. The first-order valence-corrected chi connectivity index (χ1v) is 9.56. The zero-order chi connectivity index (χ0) is 20.2. The molecular formula is C21H22N6O2. The Hall–Kier alpha value is -3.55. The second-order valence-corrected chi connectivity index (χ2v) is 7.12. The van der Waals surface area contributed by atoms with Gasteiger partial charge in [0.05, 0.1) is 11.8 Å². The van der Waals surface area contributed by atoms with E-state index in [4.69, 9.17) is 4.98 Å². The molecule has 1 amide bonds. The van der Waals surface area contributed by atoms with Crippen molar-refractivity contribution in [3.8, 4) is 0 Å². The molecule has 3 aromatic rings. The summed E-state index contributed by atoms with van der Waals surface area (Å²) >= 11 is 0. The van der Waals surface area contributed by atoms with E-state index in [9.17, 15) is 9.59 Å². The number of pyridine rings is 2. The van der Waals surface area contributed by atoms with Crippen molar-refractivity contribution in [1.29, 1.82) is 0 Å². The van der Waals surface area contributed by atoms with Gasteiger partial charge in [-0.25, -0.2) is 9.97 Å². The summed E-state index contributed by atoms with van der Waals surface area (Å²) in [5, 5.41) is 3.16. The van der Waals surface area contributed by atoms with E-state index in [1.165, 1.54) is 10.6 Å². The molecule has 0 aliphatic carbocycles. The summed E-state index contributed by atoms with van der Waals surface area (Å²) < 4.78 is 1.43. The Morgan fingerprint density at radius 2 is 2.07 bits per heavy atom. The lowest BCUT2D eigenvalue weighted by molar-refractivity contribution is 0.0705. The van der Waals surface area contributed by atoms with E-state index in [-0.39, 0.29) is 17.4 Å². The minimum absolute atomic E-state index is 0.0564. The molecule has 8 heteroatoms. The van der Waals surface area contributed by atoms with Crippen molar-refractivity contribution in [2.24, 2.45) is 7.05 Å². The molecule has 1 unspecified atom stereocenters. The van der Waals surface area contributed by atoms with Gasteiger partial charge in [-0.1, -0.05) is 6.07 Å². The number of likely N-dealkylation sites (tertiary alicyclic amines) is 1. The van der Waals surface area contributed by atoms with Crippen molar-refractivity contribution >= 4 is 17.5 Å². The third-order valence-corrected chi connectivity index (χ3v) is 5.05. The Labute approximate surface area is 168 Å². The van der Waals surface area contributed by atoms with E-state index >= 15 is 0 Å². The first-order chi connectivity index (χ1) is 14.1. The zero-order valence-electron chi connectivity index (χ0n) is 16.2. The van der Waals surface area contributed by atoms with Gasteiger partial charge >= 0.3 is 0 Å². The predicted molar refractivity (Wildman–Crippen MR) is 109 cm³/mol. The van der Waals surface area contributed by atoms with Crippen LogP contribution in [0.25, 0.3) is 0 Å². The fraction of sp³-hybridized carbons (Fsp3) is 0.286. The number of hydrogen-bond acceptors (Lipinski definition) is 6. The molecule has 1 fully saturated rings. The van der Waals surface area contributed by atoms with Gasteiger partial charge in [0.2, 0.25) is 5.56 Å². The van der Waals surface area contributed by atoms with Crippen LogP contribution in [-0.2, 0) is 7.05 Å². The molecule has 29 heavy (non-hydrogen) atoms. The predicted octanol–water partition coefficient (Wildman–Crippen LogP) is 2.33. The van der Waals surface area contributed by atoms with Crippen molar-refractivity contribution in [2.75, 3.05) is 18.4 Å². The third-order valence-electron chi connectivity index (χ3n) is 5.05. The van der Waals surface area contributed by atoms with Crippen molar-refractivity contribution in [3.05, 3.63) is 76.7 Å². The highest BCUT2D eigenvalue weighted by molar-refractivity contribution is 5.94. The molecule has 3 aromatic heterocycles. The number of amides is 1. The number of rotatable bonds is 4. The molecule has 1 N–H and O–H groups in total. The van der Waals surface area contributed by atoms with Crippen molar-refractivity contribution < 1.29 is 4.79 Å². The summed E-state index contributed by atoms with van der Waals surface area (Å²) in [4.78, 5) is 39.3. The van der Waals surface area contributed by atoms with Crippen LogP contribution in [0.5, 0.6) is 0 Å². The SMILES string of the molecule is Cn1cc(C(=O)N2CCCC(c3cccc(Nc4cnccn4)n3)C2)ccc1=O. The maximum absolute atomic E-state index is 12.9. The molecule has 0 bridgehead atoms. The third kappa shape index (κ3) is 4.31. The first kappa shape index (κ1) is 18.8. The van der Waals surface area contributed by atoms with Gasteiger partial charge in [0, 0.05) is 56.4 Å². The van der Waals surface area contributed by atoms with Gasteiger partial charge in [-0.2, -0.15) is 0 Å². The first-order valence-electron chi connectivity index (χ1n) is 9.56. The standard InChI is InChI=1S/C21H22N6O2/c1-26-13-16(7-8-20(26)28)21(29)27-11-3-4-15(14-27)17-5-2-6-18(24-17)25-19-12-22-9-10-23-19/h2,5-10,12-13,15H,3-4,11,14H2,1H3,(H,23,24,25). The van der Waals surface area contributed by atoms with Crippen molar-refractivity contribution in [1.82, 2.24) is 24.4 Å². The quantitative estimate of drug-likeness (QED) is 0.735. The number of carbonyl (C=O) groups excluding carboxylic acids is 1. The van der Waals surface area contributed by atoms with Gasteiger partial charge in [0.15, 0.2) is 0 Å². The summed E-state index contributed by atoms with van der Waals surface area (Å²) in [5.74, 6) is 1.43. The largest absolute Gasteiger partial charge is 0.338 e. The maximum atomic E-state index is 12.9. The minimum Gasteiger partial charge on any atom is -0.338 e. The molecular weight excluding hydrogens is 368 g/mol. The Morgan fingerprint density at radius 1 is 1.17 bits per heavy atom. The fourth-order valence-corrected chi connectivity index (χ4v) is 3.55. The Balaban J connectivity index is 1.49. The van der Waals surface area contributed by atoms with Crippen LogP contribution >= 0.6 is 0 Å². The van der Waals surface area contributed by atoms with Gasteiger partial charge in [0.1, 0.15) is 11.6 Å². The monoisotopic (exact) mass is 390 g/mol. The van der Waals surface area contributed by atoms with Gasteiger partial charge in [-0.05, 0) is 31.0 Å². The highest BCUT2D eigenvalue weighted by Gasteiger charge is 2.26. The van der Waals surface area contributed by atoms with Crippen LogP contribution in [0.1, 0.15) is 34.8 Å². The number of aromatic nitrogens is 4. The lowest BCUT2D eigenvalue weighted by atomic mass is 9.94. The van der Waals surface area contributed by atoms with Crippen LogP contribution in [0, 0.1) is 0 Å². The Bertz CT molecular complexity index is 1070. The van der Waals surface area contributed by atoms with E-state index in [0.717, 1.165) is 18.5 Å². The summed E-state index contributed by atoms with van der Waals surface area (Å²) in [5.41, 5.74) is 1.34. The number of aryl methyl sites for hydroxylation is 1. The molecule has 0 aromatic carbocycles. The molecule has 0 saturated carbocycles. The summed E-state index contributed by atoms with van der Waals surface area (Å²) in [6.07, 6.45) is 8.36. The molecule has 4 heterocycles. The van der Waals surface area contributed by atoms with Crippen molar-refractivity contribution in [3.63, 3.8) is 0 Å². The smallest absolute Gasteiger partial charge is 0.255 e. The van der Waals surface area contributed by atoms with E-state index in [1.54, 1.807) is 37.9 Å². The molecule has 0 radical (unpaired) electrons. The summed E-state index contributed by atoms with van der Waals surface area (Å²) in [6, 6.07) is 8.85. The van der Waals surface area contributed by atoms with Crippen LogP contribution in [0.4, 0.5) is 11.6 Å². The van der Waals surface area contributed by atoms with E-state index in [0.29, 0.717) is 30.3 Å². The Morgan fingerprint density at radius 3 is 2.86 bits per heavy atom. The average molecular weight is 390 g/mol. The number of piperidine rings is 1. The van der Waals surface area contributed by atoms with Crippen LogP contribution < -0.4 is 10.9 Å². The molecule has 4 rings (SSSR count). The molecule has 8 nitrogen and oxygen atoms in total. The van der Waals surface area contributed by atoms with Crippen LogP contribution in [0.2, 0.25) is 0 Å².